The summed E-state index contributed by atoms with van der Waals surface area (Å²) >= 11 is 6.04. The van der Waals surface area contributed by atoms with Crippen LogP contribution in [-0.4, -0.2) is 20.4 Å². The lowest BCUT2D eigenvalue weighted by Crippen LogP contribution is -2.24. The molecule has 0 aliphatic rings. The molecule has 0 aliphatic heterocycles. The Bertz CT molecular complexity index is 1430. The Morgan fingerprint density at radius 1 is 1.09 bits per heavy atom. The van der Waals surface area contributed by atoms with Crippen molar-refractivity contribution in [3.05, 3.63) is 111 Å². The van der Waals surface area contributed by atoms with E-state index in [4.69, 9.17) is 16.3 Å². The molecule has 0 bridgehead atoms. The number of carbonyl (C=O) groups is 1. The van der Waals surface area contributed by atoms with Gasteiger partial charge in [0.2, 0.25) is 0 Å². The van der Waals surface area contributed by atoms with E-state index in [1.165, 1.54) is 24.7 Å². The van der Waals surface area contributed by atoms with Crippen molar-refractivity contribution in [3.8, 4) is 11.4 Å². The van der Waals surface area contributed by atoms with Gasteiger partial charge in [-0.25, -0.2) is 22.5 Å². The molecule has 2 heterocycles. The van der Waals surface area contributed by atoms with E-state index in [0.29, 0.717) is 10.6 Å². The molecule has 0 unspecified atom stereocenters. The van der Waals surface area contributed by atoms with Gasteiger partial charge >= 0.3 is 0 Å². The van der Waals surface area contributed by atoms with Crippen molar-refractivity contribution in [1.82, 2.24) is 19.9 Å². The maximum atomic E-state index is 14.8. The number of benzene rings is 2. The summed E-state index contributed by atoms with van der Waals surface area (Å²) in [6.07, 6.45) is 3.65. The number of pyridine rings is 1. The van der Waals surface area contributed by atoms with Crippen LogP contribution in [0.3, 0.4) is 0 Å². The molecular weight excluding hydrogens is 492 g/mol. The van der Waals surface area contributed by atoms with Gasteiger partial charge in [0.25, 0.3) is 11.5 Å². The number of aromatic nitrogens is 3. The van der Waals surface area contributed by atoms with Crippen molar-refractivity contribution in [2.75, 3.05) is 0 Å². The lowest BCUT2D eigenvalue weighted by atomic mass is 10.1. The van der Waals surface area contributed by atoms with Crippen LogP contribution in [0.1, 0.15) is 21.6 Å². The smallest absolute Gasteiger partial charge is 0.277 e. The van der Waals surface area contributed by atoms with E-state index in [9.17, 15) is 27.2 Å². The van der Waals surface area contributed by atoms with E-state index >= 15 is 0 Å². The predicted molar refractivity (Wildman–Crippen MR) is 117 cm³/mol. The quantitative estimate of drug-likeness (QED) is 0.366. The molecule has 7 nitrogen and oxygen atoms in total. The van der Waals surface area contributed by atoms with E-state index in [-0.39, 0.29) is 35.7 Å². The first-order valence-corrected chi connectivity index (χ1v) is 10.3. The normalized spacial score (nSPS) is 10.9. The second-order valence-corrected chi connectivity index (χ2v) is 7.63. The van der Waals surface area contributed by atoms with Crippen LogP contribution in [0.4, 0.5) is 17.6 Å². The summed E-state index contributed by atoms with van der Waals surface area (Å²) in [7, 11) is 0. The van der Waals surface area contributed by atoms with E-state index < -0.39 is 45.4 Å². The van der Waals surface area contributed by atoms with Crippen LogP contribution < -0.4 is 15.6 Å². The molecule has 1 amide bonds. The fourth-order valence-corrected chi connectivity index (χ4v) is 3.39. The third kappa shape index (κ3) is 5.19. The van der Waals surface area contributed by atoms with Crippen LogP contribution in [0.2, 0.25) is 5.02 Å². The van der Waals surface area contributed by atoms with Crippen molar-refractivity contribution in [1.29, 1.82) is 0 Å². The van der Waals surface area contributed by atoms with Crippen LogP contribution in [0.25, 0.3) is 5.69 Å². The van der Waals surface area contributed by atoms with Crippen LogP contribution in [-0.2, 0) is 13.2 Å². The molecule has 0 spiro atoms. The van der Waals surface area contributed by atoms with Crippen molar-refractivity contribution >= 4 is 17.5 Å². The first kappa shape index (κ1) is 24.0. The number of halogens is 5. The Labute approximate surface area is 200 Å². The third-order valence-electron chi connectivity index (χ3n) is 4.91. The molecule has 180 valence electrons. The predicted octanol–water partition coefficient (Wildman–Crippen LogP) is 4.28. The second-order valence-electron chi connectivity index (χ2n) is 7.25. The number of hydrogen-bond donors (Lipinski definition) is 2. The summed E-state index contributed by atoms with van der Waals surface area (Å²) in [4.78, 5) is 30.9. The molecule has 0 saturated carbocycles. The van der Waals surface area contributed by atoms with Crippen molar-refractivity contribution in [3.63, 3.8) is 0 Å². The van der Waals surface area contributed by atoms with Gasteiger partial charge in [0, 0.05) is 24.4 Å². The highest BCUT2D eigenvalue weighted by molar-refractivity contribution is 6.31. The van der Waals surface area contributed by atoms with Crippen molar-refractivity contribution in [2.24, 2.45) is 0 Å². The minimum absolute atomic E-state index is 0.0129. The maximum Gasteiger partial charge on any atom is 0.277 e. The first-order valence-electron chi connectivity index (χ1n) is 9.97. The standard InChI is InChI=1S/C23H15ClF4N4O3/c24-20-19(35-10-13-1-2-14(25)7-15(13)26)3-4-32(23(20)34)21-16(27)5-12(6-17(21)28)8-30-22(33)18-9-29-11-31-18/h1-7,9,11H,8,10H2,(H,29,31)(H,30,33). The van der Waals surface area contributed by atoms with Gasteiger partial charge in [-0.15, -0.1) is 0 Å². The lowest BCUT2D eigenvalue weighted by Gasteiger charge is -2.14. The van der Waals surface area contributed by atoms with E-state index in [2.05, 4.69) is 15.3 Å². The van der Waals surface area contributed by atoms with E-state index in [1.54, 1.807) is 0 Å². The molecule has 35 heavy (non-hydrogen) atoms. The number of hydrogen-bond acceptors (Lipinski definition) is 4. The molecule has 0 fully saturated rings. The molecule has 0 aliphatic carbocycles. The second kappa shape index (κ2) is 10.0. The summed E-state index contributed by atoms with van der Waals surface area (Å²) in [5.74, 6) is -4.43. The number of H-pyrrole nitrogens is 1. The molecule has 2 aromatic heterocycles. The molecule has 2 aromatic carbocycles. The largest absolute Gasteiger partial charge is 0.487 e. The van der Waals surface area contributed by atoms with E-state index in [1.807, 2.05) is 0 Å². The lowest BCUT2D eigenvalue weighted by molar-refractivity contribution is 0.0946. The number of aromatic amines is 1. The van der Waals surface area contributed by atoms with Crippen LogP contribution >= 0.6 is 11.6 Å². The van der Waals surface area contributed by atoms with Crippen molar-refractivity contribution < 1.29 is 27.1 Å². The molecule has 0 radical (unpaired) electrons. The highest BCUT2D eigenvalue weighted by Crippen LogP contribution is 2.25. The Morgan fingerprint density at radius 2 is 1.83 bits per heavy atom. The van der Waals surface area contributed by atoms with Crippen LogP contribution in [0.15, 0.2) is 59.9 Å². The average Bonchev–Trinajstić information content (AvgIpc) is 3.35. The van der Waals surface area contributed by atoms with Crippen LogP contribution in [0.5, 0.6) is 5.75 Å². The van der Waals surface area contributed by atoms with Gasteiger partial charge in [-0.05, 0) is 35.9 Å². The maximum absolute atomic E-state index is 14.8. The van der Waals surface area contributed by atoms with Gasteiger partial charge in [0.1, 0.15) is 40.4 Å². The molecular formula is C23H15ClF4N4O3. The number of nitrogens with one attached hydrogen (secondary N) is 2. The highest BCUT2D eigenvalue weighted by Gasteiger charge is 2.19. The van der Waals surface area contributed by atoms with Crippen molar-refractivity contribution in [2.45, 2.75) is 13.2 Å². The SMILES string of the molecule is O=C(NCc1cc(F)c(-n2ccc(OCc3ccc(F)cc3F)c(Cl)c2=O)c(F)c1)c1cnc[nH]1. The molecule has 0 saturated heterocycles. The van der Waals surface area contributed by atoms with E-state index in [0.717, 1.165) is 24.4 Å². The fourth-order valence-electron chi connectivity index (χ4n) is 3.18. The van der Waals surface area contributed by atoms with Gasteiger partial charge in [0.05, 0.1) is 12.5 Å². The Hall–Kier alpha value is -4.12. The Balaban J connectivity index is 1.53. The zero-order valence-electron chi connectivity index (χ0n) is 17.6. The van der Waals surface area contributed by atoms with Gasteiger partial charge in [-0.1, -0.05) is 11.6 Å². The molecule has 4 aromatic rings. The zero-order valence-corrected chi connectivity index (χ0v) is 18.4. The monoisotopic (exact) mass is 506 g/mol. The van der Waals surface area contributed by atoms with Gasteiger partial charge in [0.15, 0.2) is 11.6 Å². The number of carbonyl (C=O) groups excluding carboxylic acids is 1. The summed E-state index contributed by atoms with van der Waals surface area (Å²) in [6.45, 7) is -0.550. The topological polar surface area (TPSA) is 89.0 Å². The molecule has 0 atom stereocenters. The Morgan fingerprint density at radius 3 is 2.49 bits per heavy atom. The molecule has 12 heteroatoms. The minimum atomic E-state index is -1.07. The fraction of sp³-hybridized carbons (Fsp3) is 0.0870. The summed E-state index contributed by atoms with van der Waals surface area (Å²) in [5.41, 5.74) is -1.37. The van der Waals surface area contributed by atoms with Crippen LogP contribution in [0, 0.1) is 23.3 Å². The van der Waals surface area contributed by atoms with Gasteiger partial charge in [-0.3, -0.25) is 14.2 Å². The minimum Gasteiger partial charge on any atom is -0.487 e. The number of imidazole rings is 1. The molecule has 2 N–H and O–H groups in total. The summed E-state index contributed by atoms with van der Waals surface area (Å²) in [5, 5.41) is 1.98. The number of amides is 1. The number of rotatable bonds is 7. The number of ether oxygens (including phenoxy) is 1. The van der Waals surface area contributed by atoms with Gasteiger partial charge < -0.3 is 15.0 Å². The zero-order chi connectivity index (χ0) is 25.1. The van der Waals surface area contributed by atoms with Gasteiger partial charge in [-0.2, -0.15) is 0 Å². The highest BCUT2D eigenvalue weighted by atomic mass is 35.5. The average molecular weight is 507 g/mol. The number of nitrogens with zero attached hydrogens (tertiary/aromatic N) is 2. The summed E-state index contributed by atoms with van der Waals surface area (Å²) in [6, 6.07) is 6.00. The third-order valence-corrected chi connectivity index (χ3v) is 5.26. The first-order chi connectivity index (χ1) is 16.7. The Kier molecular flexibility index (Phi) is 6.87. The summed E-state index contributed by atoms with van der Waals surface area (Å²) < 4.78 is 62.4. The molecule has 4 rings (SSSR count).